The molecular weight excluding hydrogens is 358 g/mol. The number of hydrogen-bond acceptors (Lipinski definition) is 5. The summed E-state index contributed by atoms with van der Waals surface area (Å²) in [5.74, 6) is 0. The first-order valence-corrected chi connectivity index (χ1v) is 9.76. The van der Waals surface area contributed by atoms with E-state index < -0.39 is 0 Å². The lowest BCUT2D eigenvalue weighted by Crippen LogP contribution is -2.21. The molecule has 1 aromatic carbocycles. The molecule has 7 heteroatoms. The number of rotatable bonds is 5. The van der Waals surface area contributed by atoms with E-state index in [4.69, 9.17) is 0 Å². The second-order valence-corrected chi connectivity index (χ2v) is 8.00. The van der Waals surface area contributed by atoms with Gasteiger partial charge in [0.25, 0.3) is 5.56 Å². The summed E-state index contributed by atoms with van der Waals surface area (Å²) in [5.41, 5.74) is 4.53. The van der Waals surface area contributed by atoms with E-state index in [9.17, 15) is 4.79 Å². The van der Waals surface area contributed by atoms with Crippen LogP contribution in [0.25, 0.3) is 21.3 Å². The normalized spacial score (nSPS) is 11.4. The average molecular weight is 379 g/mol. The van der Waals surface area contributed by atoms with Gasteiger partial charge in [0.05, 0.1) is 17.9 Å². The largest absolute Gasteiger partial charge is 0.299 e. The molecule has 0 aliphatic carbocycles. The summed E-state index contributed by atoms with van der Waals surface area (Å²) in [6, 6.07) is 6.37. The van der Waals surface area contributed by atoms with Crippen LogP contribution in [0.1, 0.15) is 22.4 Å². The minimum Gasteiger partial charge on any atom is -0.299 e. The van der Waals surface area contributed by atoms with Gasteiger partial charge in [-0.25, -0.2) is 4.98 Å². The van der Waals surface area contributed by atoms with Crippen molar-refractivity contribution in [3.63, 3.8) is 0 Å². The van der Waals surface area contributed by atoms with Gasteiger partial charge >= 0.3 is 0 Å². The van der Waals surface area contributed by atoms with E-state index in [0.29, 0.717) is 6.54 Å². The lowest BCUT2D eigenvalue weighted by atomic mass is 9.97. The van der Waals surface area contributed by atoms with Gasteiger partial charge in [-0.2, -0.15) is 0 Å². The molecule has 6 nitrogen and oxygen atoms in total. The second-order valence-electron chi connectivity index (χ2n) is 6.79. The summed E-state index contributed by atoms with van der Waals surface area (Å²) >= 11 is 1.59. The number of fused-ring (bicyclic) bond motifs is 1. The van der Waals surface area contributed by atoms with Crippen molar-refractivity contribution < 1.29 is 0 Å². The second kappa shape index (κ2) is 7.08. The lowest BCUT2D eigenvalue weighted by Gasteiger charge is -2.09. The predicted octanol–water partition coefficient (Wildman–Crippen LogP) is 3.73. The summed E-state index contributed by atoms with van der Waals surface area (Å²) in [6.45, 7) is 7.55. The lowest BCUT2D eigenvalue weighted by molar-refractivity contribution is 0.507. The SMILES string of the molecule is Cc1ccc(C)c(-c2c(C)sc3ncn(CCCn4ccnn4)c(=O)c23)c1. The molecule has 0 saturated carbocycles. The molecule has 0 spiro atoms. The van der Waals surface area contributed by atoms with Gasteiger partial charge in [0.1, 0.15) is 4.83 Å². The van der Waals surface area contributed by atoms with Crippen LogP contribution >= 0.6 is 11.3 Å². The Hall–Kier alpha value is -2.80. The molecule has 3 aromatic heterocycles. The number of aryl methyl sites for hydroxylation is 5. The topological polar surface area (TPSA) is 65.6 Å². The number of benzene rings is 1. The van der Waals surface area contributed by atoms with Gasteiger partial charge in [0.2, 0.25) is 0 Å². The molecule has 0 aliphatic heterocycles. The highest BCUT2D eigenvalue weighted by atomic mass is 32.1. The third-order valence-electron chi connectivity index (χ3n) is 4.78. The minimum atomic E-state index is 0.0267. The third-order valence-corrected chi connectivity index (χ3v) is 5.79. The van der Waals surface area contributed by atoms with Gasteiger partial charge in [-0.3, -0.25) is 14.0 Å². The average Bonchev–Trinajstić information content (AvgIpc) is 3.27. The third kappa shape index (κ3) is 3.30. The molecule has 0 N–H and O–H groups in total. The Bertz CT molecular complexity index is 1160. The molecule has 0 amide bonds. The van der Waals surface area contributed by atoms with E-state index in [0.717, 1.165) is 39.2 Å². The van der Waals surface area contributed by atoms with Crippen molar-refractivity contribution in [3.8, 4) is 11.1 Å². The van der Waals surface area contributed by atoms with Crippen LogP contribution in [0.3, 0.4) is 0 Å². The smallest absolute Gasteiger partial charge is 0.262 e. The first-order valence-electron chi connectivity index (χ1n) is 8.95. The van der Waals surface area contributed by atoms with Crippen LogP contribution in [-0.2, 0) is 13.1 Å². The van der Waals surface area contributed by atoms with Crippen molar-refractivity contribution in [2.45, 2.75) is 40.3 Å². The van der Waals surface area contributed by atoms with Crippen molar-refractivity contribution >= 4 is 21.6 Å². The van der Waals surface area contributed by atoms with Gasteiger partial charge in [0.15, 0.2) is 0 Å². The first kappa shape index (κ1) is 17.6. The molecule has 0 atom stereocenters. The molecule has 0 saturated heterocycles. The Morgan fingerprint density at radius 1 is 1.15 bits per heavy atom. The quantitative estimate of drug-likeness (QED) is 0.530. The number of thiophene rings is 1. The summed E-state index contributed by atoms with van der Waals surface area (Å²) in [4.78, 5) is 19.7. The highest BCUT2D eigenvalue weighted by Gasteiger charge is 2.18. The highest BCUT2D eigenvalue weighted by Crippen LogP contribution is 2.37. The molecule has 27 heavy (non-hydrogen) atoms. The molecule has 3 heterocycles. The number of nitrogens with zero attached hydrogens (tertiary/aromatic N) is 5. The minimum absolute atomic E-state index is 0.0267. The molecule has 0 radical (unpaired) electrons. The van der Waals surface area contributed by atoms with Crippen LogP contribution in [0.15, 0.2) is 41.7 Å². The van der Waals surface area contributed by atoms with Crippen LogP contribution in [0.5, 0.6) is 0 Å². The standard InChI is InChI=1S/C20H21N5OS/c1-13-5-6-14(2)16(11-13)17-15(3)27-19-18(17)20(26)24(12-21-19)8-4-9-25-10-7-22-23-25/h5-7,10-12H,4,8-9H2,1-3H3. The summed E-state index contributed by atoms with van der Waals surface area (Å²) in [7, 11) is 0. The van der Waals surface area contributed by atoms with Crippen LogP contribution in [0, 0.1) is 20.8 Å². The van der Waals surface area contributed by atoms with E-state index >= 15 is 0 Å². The Kier molecular flexibility index (Phi) is 4.61. The molecule has 0 unspecified atom stereocenters. The zero-order chi connectivity index (χ0) is 19.0. The molecule has 0 aliphatic rings. The van der Waals surface area contributed by atoms with Crippen molar-refractivity contribution in [2.75, 3.05) is 0 Å². The fraction of sp³-hybridized carbons (Fsp3) is 0.300. The van der Waals surface area contributed by atoms with Gasteiger partial charge in [0, 0.05) is 29.7 Å². The van der Waals surface area contributed by atoms with Crippen LogP contribution < -0.4 is 5.56 Å². The summed E-state index contributed by atoms with van der Waals surface area (Å²) < 4.78 is 3.48. The van der Waals surface area contributed by atoms with Gasteiger partial charge in [-0.1, -0.05) is 29.0 Å². The van der Waals surface area contributed by atoms with Crippen molar-refractivity contribution in [2.24, 2.45) is 0 Å². The van der Waals surface area contributed by atoms with Gasteiger partial charge < -0.3 is 0 Å². The van der Waals surface area contributed by atoms with E-state index in [-0.39, 0.29) is 5.56 Å². The fourth-order valence-corrected chi connectivity index (χ4v) is 4.38. The van der Waals surface area contributed by atoms with E-state index in [1.807, 2.05) is 6.20 Å². The van der Waals surface area contributed by atoms with Crippen molar-refractivity contribution in [1.82, 2.24) is 24.5 Å². The molecule has 0 bridgehead atoms. The molecular formula is C20H21N5OS. The summed E-state index contributed by atoms with van der Waals surface area (Å²) in [6.07, 6.45) is 5.93. The maximum atomic E-state index is 13.2. The molecule has 4 rings (SSSR count). The molecule has 4 aromatic rings. The fourth-order valence-electron chi connectivity index (χ4n) is 3.38. The van der Waals surface area contributed by atoms with Gasteiger partial charge in [-0.15, -0.1) is 16.4 Å². The predicted molar refractivity (Wildman–Crippen MR) is 108 cm³/mol. The Labute approximate surface area is 161 Å². The number of aromatic nitrogens is 5. The number of hydrogen-bond donors (Lipinski definition) is 0. The Morgan fingerprint density at radius 2 is 2.00 bits per heavy atom. The zero-order valence-corrected chi connectivity index (χ0v) is 16.5. The van der Waals surface area contributed by atoms with Crippen LogP contribution in [-0.4, -0.2) is 24.5 Å². The van der Waals surface area contributed by atoms with Gasteiger partial charge in [-0.05, 0) is 38.3 Å². The summed E-state index contributed by atoms with van der Waals surface area (Å²) in [5, 5.41) is 8.49. The molecule has 138 valence electrons. The monoisotopic (exact) mass is 379 g/mol. The van der Waals surface area contributed by atoms with E-state index in [1.54, 1.807) is 33.1 Å². The van der Waals surface area contributed by atoms with Crippen molar-refractivity contribution in [1.29, 1.82) is 0 Å². The van der Waals surface area contributed by atoms with Crippen molar-refractivity contribution in [3.05, 3.63) is 63.3 Å². The maximum absolute atomic E-state index is 13.2. The van der Waals surface area contributed by atoms with Crippen LogP contribution in [0.2, 0.25) is 0 Å². The maximum Gasteiger partial charge on any atom is 0.262 e. The zero-order valence-electron chi connectivity index (χ0n) is 15.6. The Morgan fingerprint density at radius 3 is 2.78 bits per heavy atom. The Balaban J connectivity index is 1.75. The molecule has 0 fully saturated rings. The first-order chi connectivity index (χ1) is 13.0. The highest BCUT2D eigenvalue weighted by molar-refractivity contribution is 7.19. The van der Waals surface area contributed by atoms with Crippen LogP contribution in [0.4, 0.5) is 0 Å². The van der Waals surface area contributed by atoms with E-state index in [1.165, 1.54) is 11.1 Å². The van der Waals surface area contributed by atoms with E-state index in [2.05, 4.69) is 54.3 Å².